The number of thiol groups is 1. The van der Waals surface area contributed by atoms with E-state index >= 15 is 0 Å². The molecular formula is C20H16O2S. The Morgan fingerprint density at radius 1 is 0.870 bits per heavy atom. The molecular weight excluding hydrogens is 304 g/mol. The summed E-state index contributed by atoms with van der Waals surface area (Å²) in [6, 6.07) is 21.4. The van der Waals surface area contributed by atoms with Crippen molar-refractivity contribution in [1.82, 2.24) is 0 Å². The van der Waals surface area contributed by atoms with Crippen molar-refractivity contribution < 1.29 is 9.90 Å². The summed E-state index contributed by atoms with van der Waals surface area (Å²) in [5, 5.41) is 9.49. The van der Waals surface area contributed by atoms with Crippen LogP contribution in [0.5, 0.6) is 0 Å². The Morgan fingerprint density at radius 3 is 1.83 bits per heavy atom. The van der Waals surface area contributed by atoms with Crippen LogP contribution in [0.3, 0.4) is 0 Å². The minimum absolute atomic E-state index is 0.286. The number of carbonyl (C=O) groups is 1. The summed E-state index contributed by atoms with van der Waals surface area (Å²) in [6.07, 6.45) is 0. The zero-order valence-corrected chi connectivity index (χ0v) is 13.5. The molecule has 0 radical (unpaired) electrons. The number of benzene rings is 3. The first kappa shape index (κ1) is 15.4. The highest BCUT2D eigenvalue weighted by atomic mass is 32.1. The minimum atomic E-state index is -0.936. The molecule has 0 aliphatic heterocycles. The summed E-state index contributed by atoms with van der Waals surface area (Å²) in [4.78, 5) is 12.2. The van der Waals surface area contributed by atoms with Gasteiger partial charge in [-0.25, -0.2) is 4.79 Å². The second-order valence-corrected chi connectivity index (χ2v) is 5.84. The van der Waals surface area contributed by atoms with Crippen LogP contribution in [0.2, 0.25) is 0 Å². The maximum atomic E-state index is 11.6. The van der Waals surface area contributed by atoms with Crippen molar-refractivity contribution in [2.75, 3.05) is 0 Å². The third kappa shape index (κ3) is 2.88. The molecule has 3 aromatic carbocycles. The molecule has 0 saturated heterocycles. The van der Waals surface area contributed by atoms with Crippen LogP contribution in [0.1, 0.15) is 15.9 Å². The Morgan fingerprint density at radius 2 is 1.35 bits per heavy atom. The molecule has 114 valence electrons. The summed E-state index contributed by atoms with van der Waals surface area (Å²) >= 11 is 4.58. The smallest absolute Gasteiger partial charge is 0.336 e. The SMILES string of the molecule is Cc1c(C(=O)O)cc(S)c(-c2ccccc2)c1-c1ccccc1. The van der Waals surface area contributed by atoms with Gasteiger partial charge in [0.15, 0.2) is 0 Å². The number of carboxylic acids is 1. The molecule has 0 unspecified atom stereocenters. The van der Waals surface area contributed by atoms with E-state index in [-0.39, 0.29) is 5.56 Å². The van der Waals surface area contributed by atoms with Gasteiger partial charge in [-0.05, 0) is 35.2 Å². The van der Waals surface area contributed by atoms with Crippen molar-refractivity contribution >= 4 is 18.6 Å². The first-order chi connectivity index (χ1) is 11.1. The molecule has 0 atom stereocenters. The molecule has 1 N–H and O–H groups in total. The Kier molecular flexibility index (Phi) is 4.22. The fourth-order valence-corrected chi connectivity index (χ4v) is 3.22. The molecule has 0 bridgehead atoms. The number of aromatic carboxylic acids is 1. The summed E-state index contributed by atoms with van der Waals surface area (Å²) in [7, 11) is 0. The van der Waals surface area contributed by atoms with Crippen molar-refractivity contribution in [3.8, 4) is 22.3 Å². The van der Waals surface area contributed by atoms with E-state index in [1.165, 1.54) is 0 Å². The average Bonchev–Trinajstić information content (AvgIpc) is 2.57. The molecule has 3 rings (SSSR count). The molecule has 23 heavy (non-hydrogen) atoms. The van der Waals surface area contributed by atoms with Crippen molar-refractivity contribution in [1.29, 1.82) is 0 Å². The molecule has 0 spiro atoms. The summed E-state index contributed by atoms with van der Waals surface area (Å²) in [6.45, 7) is 1.85. The third-order valence-electron chi connectivity index (χ3n) is 3.92. The quantitative estimate of drug-likeness (QED) is 0.641. The molecule has 3 aromatic rings. The van der Waals surface area contributed by atoms with Gasteiger partial charge in [0.05, 0.1) is 5.56 Å². The van der Waals surface area contributed by atoms with Crippen LogP contribution in [-0.2, 0) is 0 Å². The zero-order chi connectivity index (χ0) is 16.4. The normalized spacial score (nSPS) is 10.5. The molecule has 0 heterocycles. The highest BCUT2D eigenvalue weighted by Gasteiger charge is 2.19. The lowest BCUT2D eigenvalue weighted by molar-refractivity contribution is 0.0696. The van der Waals surface area contributed by atoms with E-state index in [9.17, 15) is 9.90 Å². The molecule has 2 nitrogen and oxygen atoms in total. The van der Waals surface area contributed by atoms with Gasteiger partial charge in [0.1, 0.15) is 0 Å². The second kappa shape index (κ2) is 6.31. The van der Waals surface area contributed by atoms with Crippen LogP contribution in [-0.4, -0.2) is 11.1 Å². The maximum Gasteiger partial charge on any atom is 0.336 e. The maximum absolute atomic E-state index is 11.6. The van der Waals surface area contributed by atoms with Crippen molar-refractivity contribution in [2.45, 2.75) is 11.8 Å². The van der Waals surface area contributed by atoms with E-state index < -0.39 is 5.97 Å². The van der Waals surface area contributed by atoms with E-state index in [2.05, 4.69) is 12.6 Å². The van der Waals surface area contributed by atoms with Gasteiger partial charge in [-0.3, -0.25) is 0 Å². The summed E-state index contributed by atoms with van der Waals surface area (Å²) < 4.78 is 0. The molecule has 0 fully saturated rings. The van der Waals surface area contributed by atoms with E-state index in [1.54, 1.807) is 6.07 Å². The Hall–Kier alpha value is -2.52. The van der Waals surface area contributed by atoms with Gasteiger partial charge < -0.3 is 5.11 Å². The van der Waals surface area contributed by atoms with Gasteiger partial charge in [-0.1, -0.05) is 60.7 Å². The molecule has 0 amide bonds. The average molecular weight is 320 g/mol. The van der Waals surface area contributed by atoms with Crippen LogP contribution in [0.4, 0.5) is 0 Å². The van der Waals surface area contributed by atoms with Gasteiger partial charge in [0, 0.05) is 10.5 Å². The minimum Gasteiger partial charge on any atom is -0.478 e. The van der Waals surface area contributed by atoms with Crippen molar-refractivity contribution in [3.05, 3.63) is 77.9 Å². The monoisotopic (exact) mass is 320 g/mol. The number of rotatable bonds is 3. The highest BCUT2D eigenvalue weighted by molar-refractivity contribution is 7.80. The second-order valence-electron chi connectivity index (χ2n) is 5.36. The fourth-order valence-electron chi connectivity index (χ4n) is 2.85. The Labute approximate surface area is 140 Å². The highest BCUT2D eigenvalue weighted by Crippen LogP contribution is 2.40. The van der Waals surface area contributed by atoms with Gasteiger partial charge in [0.2, 0.25) is 0 Å². The fraction of sp³-hybridized carbons (Fsp3) is 0.0500. The predicted octanol–water partition coefficient (Wildman–Crippen LogP) is 5.32. The Balaban J connectivity index is 2.40. The topological polar surface area (TPSA) is 37.3 Å². The first-order valence-electron chi connectivity index (χ1n) is 7.30. The van der Waals surface area contributed by atoms with Crippen LogP contribution in [0, 0.1) is 6.92 Å². The van der Waals surface area contributed by atoms with Crippen molar-refractivity contribution in [3.63, 3.8) is 0 Å². The first-order valence-corrected chi connectivity index (χ1v) is 7.75. The van der Waals surface area contributed by atoms with E-state index in [0.717, 1.165) is 27.8 Å². The molecule has 0 saturated carbocycles. The predicted molar refractivity (Wildman–Crippen MR) is 96.3 cm³/mol. The van der Waals surface area contributed by atoms with Crippen LogP contribution < -0.4 is 0 Å². The van der Waals surface area contributed by atoms with Gasteiger partial charge in [-0.2, -0.15) is 0 Å². The molecule has 0 aliphatic rings. The summed E-state index contributed by atoms with van der Waals surface area (Å²) in [5.74, 6) is -0.936. The number of hydrogen-bond donors (Lipinski definition) is 2. The van der Waals surface area contributed by atoms with Crippen molar-refractivity contribution in [2.24, 2.45) is 0 Å². The zero-order valence-electron chi connectivity index (χ0n) is 12.7. The lowest BCUT2D eigenvalue weighted by Crippen LogP contribution is -2.03. The largest absolute Gasteiger partial charge is 0.478 e. The summed E-state index contributed by atoms with van der Waals surface area (Å²) in [5.41, 5.74) is 4.93. The lowest BCUT2D eigenvalue weighted by atomic mass is 9.88. The number of carboxylic acid groups (broad SMARTS) is 1. The molecule has 0 aliphatic carbocycles. The molecule has 3 heteroatoms. The van der Waals surface area contributed by atoms with Crippen LogP contribution >= 0.6 is 12.6 Å². The van der Waals surface area contributed by atoms with Gasteiger partial charge in [0.25, 0.3) is 0 Å². The van der Waals surface area contributed by atoms with E-state index in [0.29, 0.717) is 4.90 Å². The van der Waals surface area contributed by atoms with Gasteiger partial charge >= 0.3 is 5.97 Å². The third-order valence-corrected chi connectivity index (χ3v) is 4.27. The van der Waals surface area contributed by atoms with Crippen LogP contribution in [0.15, 0.2) is 71.6 Å². The van der Waals surface area contributed by atoms with Crippen LogP contribution in [0.25, 0.3) is 22.3 Å². The standard InChI is InChI=1S/C20H16O2S/c1-13-16(20(21)22)12-17(23)19(15-10-6-3-7-11-15)18(13)14-8-4-2-5-9-14/h2-12,23H,1H3,(H,21,22). The van der Waals surface area contributed by atoms with Gasteiger partial charge in [-0.15, -0.1) is 12.6 Å². The Bertz CT molecular complexity index is 856. The number of hydrogen-bond acceptors (Lipinski definition) is 2. The van der Waals surface area contributed by atoms with E-state index in [4.69, 9.17) is 0 Å². The van der Waals surface area contributed by atoms with E-state index in [1.807, 2.05) is 67.6 Å². The lowest BCUT2D eigenvalue weighted by Gasteiger charge is -2.18. The molecule has 0 aromatic heterocycles.